The molecule has 0 aliphatic rings. The summed E-state index contributed by atoms with van der Waals surface area (Å²) in [6.45, 7) is 0.844. The predicted octanol–water partition coefficient (Wildman–Crippen LogP) is 4.14. The van der Waals surface area contributed by atoms with Crippen LogP contribution in [0.4, 0.5) is 0 Å². The van der Waals surface area contributed by atoms with E-state index in [1.165, 1.54) is 0 Å². The van der Waals surface area contributed by atoms with Gasteiger partial charge in [-0.05, 0) is 48.4 Å². The molecule has 2 N–H and O–H groups in total. The number of benzene rings is 2. The van der Waals surface area contributed by atoms with Gasteiger partial charge in [-0.1, -0.05) is 17.7 Å². The van der Waals surface area contributed by atoms with E-state index in [0.29, 0.717) is 11.6 Å². The molecule has 27 heavy (non-hydrogen) atoms. The SMILES string of the molecule is COc1cccc2c1ccn2CC(=O)NCCc1c[nH]c2ccc(Cl)cc12. The summed E-state index contributed by atoms with van der Waals surface area (Å²) in [5.74, 6) is 0.790. The zero-order valence-corrected chi connectivity index (χ0v) is 15.7. The molecule has 6 heteroatoms. The van der Waals surface area contributed by atoms with Crippen LogP contribution in [0.15, 0.2) is 54.9 Å². The van der Waals surface area contributed by atoms with E-state index in [4.69, 9.17) is 16.3 Å². The number of aromatic amines is 1. The molecule has 0 atom stereocenters. The third kappa shape index (κ3) is 3.51. The molecule has 2 aromatic heterocycles. The van der Waals surface area contributed by atoms with Crippen molar-refractivity contribution in [1.82, 2.24) is 14.9 Å². The number of H-pyrrole nitrogens is 1. The third-order valence-corrected chi connectivity index (χ3v) is 4.99. The number of nitrogens with one attached hydrogen (secondary N) is 2. The molecule has 0 saturated carbocycles. The minimum atomic E-state index is -0.0202. The molecule has 2 aromatic carbocycles. The van der Waals surface area contributed by atoms with Crippen LogP contribution < -0.4 is 10.1 Å². The summed E-state index contributed by atoms with van der Waals surface area (Å²) in [6.07, 6.45) is 4.62. The topological polar surface area (TPSA) is 59.0 Å². The maximum atomic E-state index is 12.4. The molecular formula is C21H20ClN3O2. The molecule has 0 unspecified atom stereocenters. The largest absolute Gasteiger partial charge is 0.496 e. The Bertz CT molecular complexity index is 1110. The van der Waals surface area contributed by atoms with Crippen LogP contribution in [0.3, 0.4) is 0 Å². The maximum absolute atomic E-state index is 12.4. The van der Waals surface area contributed by atoms with Gasteiger partial charge in [0.2, 0.25) is 5.91 Å². The Kier molecular flexibility index (Phi) is 4.77. The molecule has 4 rings (SSSR count). The van der Waals surface area contributed by atoms with Crippen LogP contribution in [0.2, 0.25) is 5.02 Å². The van der Waals surface area contributed by atoms with Gasteiger partial charge in [0.25, 0.3) is 0 Å². The van der Waals surface area contributed by atoms with Crippen LogP contribution in [0, 0.1) is 0 Å². The second-order valence-corrected chi connectivity index (χ2v) is 6.88. The first-order chi connectivity index (χ1) is 13.2. The average Bonchev–Trinajstić information content (AvgIpc) is 3.26. The van der Waals surface area contributed by atoms with Crippen molar-refractivity contribution in [3.05, 3.63) is 65.4 Å². The van der Waals surface area contributed by atoms with Gasteiger partial charge in [-0.3, -0.25) is 4.79 Å². The van der Waals surface area contributed by atoms with Gasteiger partial charge in [0.15, 0.2) is 0 Å². The maximum Gasteiger partial charge on any atom is 0.239 e. The molecule has 4 aromatic rings. The van der Waals surface area contributed by atoms with Gasteiger partial charge in [-0.15, -0.1) is 0 Å². The molecule has 0 spiro atoms. The molecule has 138 valence electrons. The Hall–Kier alpha value is -2.92. The van der Waals surface area contributed by atoms with E-state index >= 15 is 0 Å². The molecule has 5 nitrogen and oxygen atoms in total. The van der Waals surface area contributed by atoms with Crippen molar-refractivity contribution < 1.29 is 9.53 Å². The lowest BCUT2D eigenvalue weighted by Crippen LogP contribution is -2.29. The molecule has 1 amide bonds. The van der Waals surface area contributed by atoms with Crippen molar-refractivity contribution in [1.29, 1.82) is 0 Å². The van der Waals surface area contributed by atoms with Gasteiger partial charge >= 0.3 is 0 Å². The lowest BCUT2D eigenvalue weighted by Gasteiger charge is -2.08. The molecule has 0 saturated heterocycles. The first-order valence-electron chi connectivity index (χ1n) is 8.80. The van der Waals surface area contributed by atoms with E-state index < -0.39 is 0 Å². The van der Waals surface area contributed by atoms with Crippen molar-refractivity contribution in [3.8, 4) is 5.75 Å². The second kappa shape index (κ2) is 7.37. The van der Waals surface area contributed by atoms with Crippen LogP contribution in [0.1, 0.15) is 5.56 Å². The summed E-state index contributed by atoms with van der Waals surface area (Å²) in [7, 11) is 1.65. The number of aromatic nitrogens is 2. The summed E-state index contributed by atoms with van der Waals surface area (Å²) < 4.78 is 7.30. The Balaban J connectivity index is 1.39. The lowest BCUT2D eigenvalue weighted by atomic mass is 10.1. The molecule has 2 heterocycles. The first-order valence-corrected chi connectivity index (χ1v) is 9.17. The Morgan fingerprint density at radius 3 is 2.96 bits per heavy atom. The number of ether oxygens (including phenoxy) is 1. The highest BCUT2D eigenvalue weighted by Crippen LogP contribution is 2.26. The highest BCUT2D eigenvalue weighted by Gasteiger charge is 2.10. The van der Waals surface area contributed by atoms with Crippen LogP contribution >= 0.6 is 11.6 Å². The van der Waals surface area contributed by atoms with Crippen molar-refractivity contribution in [3.63, 3.8) is 0 Å². The predicted molar refractivity (Wildman–Crippen MR) is 109 cm³/mol. The van der Waals surface area contributed by atoms with E-state index in [9.17, 15) is 4.79 Å². The summed E-state index contributed by atoms with van der Waals surface area (Å²) >= 11 is 6.09. The Morgan fingerprint density at radius 2 is 2.11 bits per heavy atom. The van der Waals surface area contributed by atoms with Crippen molar-refractivity contribution >= 4 is 39.3 Å². The van der Waals surface area contributed by atoms with Crippen LogP contribution in [-0.4, -0.2) is 29.1 Å². The highest BCUT2D eigenvalue weighted by molar-refractivity contribution is 6.31. The van der Waals surface area contributed by atoms with Gasteiger partial charge in [0.05, 0.1) is 12.6 Å². The Morgan fingerprint density at radius 1 is 1.22 bits per heavy atom. The zero-order chi connectivity index (χ0) is 18.8. The normalized spacial score (nSPS) is 11.2. The molecule has 0 radical (unpaired) electrons. The third-order valence-electron chi connectivity index (χ3n) is 4.75. The number of hydrogen-bond acceptors (Lipinski definition) is 2. The minimum Gasteiger partial charge on any atom is -0.496 e. The zero-order valence-electron chi connectivity index (χ0n) is 15.0. The minimum absolute atomic E-state index is 0.0202. The molecule has 0 fully saturated rings. The van der Waals surface area contributed by atoms with Crippen LogP contribution in [-0.2, 0) is 17.8 Å². The van der Waals surface area contributed by atoms with Crippen molar-refractivity contribution in [2.24, 2.45) is 0 Å². The van der Waals surface area contributed by atoms with Gasteiger partial charge in [-0.25, -0.2) is 0 Å². The highest BCUT2D eigenvalue weighted by atomic mass is 35.5. The van der Waals surface area contributed by atoms with Gasteiger partial charge in [-0.2, -0.15) is 0 Å². The number of amides is 1. The van der Waals surface area contributed by atoms with Crippen LogP contribution in [0.25, 0.3) is 21.8 Å². The van der Waals surface area contributed by atoms with Crippen molar-refractivity contribution in [2.45, 2.75) is 13.0 Å². The number of nitrogens with zero attached hydrogens (tertiary/aromatic N) is 1. The van der Waals surface area contributed by atoms with E-state index in [1.54, 1.807) is 7.11 Å². The number of carbonyl (C=O) groups excluding carboxylic acids is 1. The number of methoxy groups -OCH3 is 1. The van der Waals surface area contributed by atoms with Crippen molar-refractivity contribution in [2.75, 3.05) is 13.7 Å². The molecular weight excluding hydrogens is 362 g/mol. The quantitative estimate of drug-likeness (QED) is 0.527. The van der Waals surface area contributed by atoms with Gasteiger partial charge in [0, 0.05) is 40.3 Å². The van der Waals surface area contributed by atoms with E-state index in [-0.39, 0.29) is 12.5 Å². The number of rotatable bonds is 6. The second-order valence-electron chi connectivity index (χ2n) is 6.44. The molecule has 0 bridgehead atoms. The van der Waals surface area contributed by atoms with E-state index in [2.05, 4.69) is 10.3 Å². The fourth-order valence-electron chi connectivity index (χ4n) is 3.42. The summed E-state index contributed by atoms with van der Waals surface area (Å²) in [6, 6.07) is 13.6. The lowest BCUT2D eigenvalue weighted by molar-refractivity contribution is -0.121. The van der Waals surface area contributed by atoms with Gasteiger partial charge < -0.3 is 19.6 Å². The molecule has 0 aliphatic carbocycles. The van der Waals surface area contributed by atoms with E-state index in [0.717, 1.165) is 39.5 Å². The fraction of sp³-hybridized carbons (Fsp3) is 0.190. The number of hydrogen-bond donors (Lipinski definition) is 2. The first kappa shape index (κ1) is 17.5. The Labute approximate surface area is 161 Å². The summed E-state index contributed by atoms with van der Waals surface area (Å²) in [5.41, 5.74) is 3.17. The van der Waals surface area contributed by atoms with Crippen LogP contribution in [0.5, 0.6) is 5.75 Å². The van der Waals surface area contributed by atoms with E-state index in [1.807, 2.05) is 59.4 Å². The van der Waals surface area contributed by atoms with Gasteiger partial charge in [0.1, 0.15) is 12.3 Å². The summed E-state index contributed by atoms with van der Waals surface area (Å²) in [5, 5.41) is 5.81. The average molecular weight is 382 g/mol. The number of carbonyl (C=O) groups is 1. The standard InChI is InChI=1S/C21H20ClN3O2/c1-27-20-4-2-3-19-16(20)8-10-25(19)13-21(26)23-9-7-14-12-24-18-6-5-15(22)11-17(14)18/h2-6,8,10-12,24H,7,9,13H2,1H3,(H,23,26). The fourth-order valence-corrected chi connectivity index (χ4v) is 3.59. The monoisotopic (exact) mass is 381 g/mol. The number of halogens is 1. The smallest absolute Gasteiger partial charge is 0.239 e. The number of fused-ring (bicyclic) bond motifs is 2. The summed E-state index contributed by atoms with van der Waals surface area (Å²) in [4.78, 5) is 15.6. The molecule has 0 aliphatic heterocycles.